The molecule has 0 saturated carbocycles. The second-order valence-electron chi connectivity index (χ2n) is 4.46. The normalized spacial score (nSPS) is 12.8. The van der Waals surface area contributed by atoms with Gasteiger partial charge in [-0.1, -0.05) is 48.8 Å². The summed E-state index contributed by atoms with van der Waals surface area (Å²) in [5, 5.41) is 1.01. The minimum absolute atomic E-state index is 0.583. The number of alkyl halides is 1. The Morgan fingerprint density at radius 2 is 1.81 bits per heavy atom. The standard InChI is InChI=1S/C14H21BrO/c1-4-12(9-15)10-16-14-7-5-13(6-8-14)11(2)3/h5-8,11-12H,4,9-10H2,1-3H3. The van der Waals surface area contributed by atoms with Crippen LogP contribution >= 0.6 is 15.9 Å². The van der Waals surface area contributed by atoms with Crippen molar-refractivity contribution in [1.29, 1.82) is 0 Å². The van der Waals surface area contributed by atoms with Gasteiger partial charge in [-0.05, 0) is 30.0 Å². The Balaban J connectivity index is 2.49. The molecule has 0 spiro atoms. The van der Waals surface area contributed by atoms with Crippen molar-refractivity contribution in [3.05, 3.63) is 29.8 Å². The van der Waals surface area contributed by atoms with E-state index in [0.29, 0.717) is 11.8 Å². The smallest absolute Gasteiger partial charge is 0.119 e. The number of rotatable bonds is 6. The summed E-state index contributed by atoms with van der Waals surface area (Å²) in [6.45, 7) is 7.39. The number of ether oxygens (including phenoxy) is 1. The Morgan fingerprint density at radius 1 is 1.19 bits per heavy atom. The predicted octanol–water partition coefficient (Wildman–Crippen LogP) is 4.61. The molecule has 1 unspecified atom stereocenters. The van der Waals surface area contributed by atoms with Gasteiger partial charge >= 0.3 is 0 Å². The third-order valence-electron chi connectivity index (χ3n) is 2.83. The van der Waals surface area contributed by atoms with Crippen LogP contribution in [-0.4, -0.2) is 11.9 Å². The topological polar surface area (TPSA) is 9.23 Å². The van der Waals surface area contributed by atoms with Gasteiger partial charge in [-0.3, -0.25) is 0 Å². The molecule has 0 N–H and O–H groups in total. The number of halogens is 1. The van der Waals surface area contributed by atoms with E-state index in [1.54, 1.807) is 0 Å². The molecule has 90 valence electrons. The molecule has 0 aliphatic carbocycles. The van der Waals surface area contributed by atoms with Crippen LogP contribution in [0.1, 0.15) is 38.7 Å². The third kappa shape index (κ3) is 4.17. The molecule has 0 fully saturated rings. The molecular weight excluding hydrogens is 264 g/mol. The number of hydrogen-bond acceptors (Lipinski definition) is 1. The van der Waals surface area contributed by atoms with Crippen LogP contribution in [0.15, 0.2) is 24.3 Å². The van der Waals surface area contributed by atoms with Crippen molar-refractivity contribution >= 4 is 15.9 Å². The first kappa shape index (κ1) is 13.6. The fourth-order valence-electron chi connectivity index (χ4n) is 1.43. The van der Waals surface area contributed by atoms with Crippen molar-refractivity contribution in [1.82, 2.24) is 0 Å². The molecule has 16 heavy (non-hydrogen) atoms. The number of benzene rings is 1. The molecule has 0 heterocycles. The Morgan fingerprint density at radius 3 is 2.25 bits per heavy atom. The van der Waals surface area contributed by atoms with E-state index < -0.39 is 0 Å². The lowest BCUT2D eigenvalue weighted by Crippen LogP contribution is -2.12. The van der Waals surface area contributed by atoms with Crippen LogP contribution in [0.3, 0.4) is 0 Å². The van der Waals surface area contributed by atoms with Crippen molar-refractivity contribution in [2.75, 3.05) is 11.9 Å². The molecule has 1 rings (SSSR count). The highest BCUT2D eigenvalue weighted by Gasteiger charge is 2.05. The zero-order chi connectivity index (χ0) is 12.0. The van der Waals surface area contributed by atoms with E-state index >= 15 is 0 Å². The van der Waals surface area contributed by atoms with Gasteiger partial charge in [-0.25, -0.2) is 0 Å². The molecule has 1 nitrogen and oxygen atoms in total. The largest absolute Gasteiger partial charge is 0.493 e. The van der Waals surface area contributed by atoms with Crippen LogP contribution in [0.5, 0.6) is 5.75 Å². The van der Waals surface area contributed by atoms with Crippen LogP contribution in [0.4, 0.5) is 0 Å². The van der Waals surface area contributed by atoms with Crippen LogP contribution in [-0.2, 0) is 0 Å². The van der Waals surface area contributed by atoms with E-state index in [-0.39, 0.29) is 0 Å². The molecule has 1 aromatic carbocycles. The van der Waals surface area contributed by atoms with Crippen LogP contribution in [0, 0.1) is 5.92 Å². The molecular formula is C14H21BrO. The summed E-state index contributed by atoms with van der Waals surface area (Å²) >= 11 is 3.50. The van der Waals surface area contributed by atoms with E-state index in [9.17, 15) is 0 Å². The van der Waals surface area contributed by atoms with Crippen molar-refractivity contribution in [2.24, 2.45) is 5.92 Å². The first-order valence-electron chi connectivity index (χ1n) is 5.96. The van der Waals surface area contributed by atoms with Crippen LogP contribution in [0.2, 0.25) is 0 Å². The average molecular weight is 285 g/mol. The lowest BCUT2D eigenvalue weighted by atomic mass is 10.0. The monoisotopic (exact) mass is 284 g/mol. The van der Waals surface area contributed by atoms with Gasteiger partial charge in [0.05, 0.1) is 6.61 Å². The van der Waals surface area contributed by atoms with Crippen molar-refractivity contribution < 1.29 is 4.74 Å². The summed E-state index contributed by atoms with van der Waals surface area (Å²) in [7, 11) is 0. The van der Waals surface area contributed by atoms with Crippen molar-refractivity contribution in [3.63, 3.8) is 0 Å². The average Bonchev–Trinajstić information content (AvgIpc) is 2.31. The van der Waals surface area contributed by atoms with Gasteiger partial charge in [0.25, 0.3) is 0 Å². The van der Waals surface area contributed by atoms with Crippen molar-refractivity contribution in [3.8, 4) is 5.75 Å². The molecule has 0 radical (unpaired) electrons. The SMILES string of the molecule is CCC(CBr)COc1ccc(C(C)C)cc1. The van der Waals surface area contributed by atoms with Gasteiger partial charge in [0.2, 0.25) is 0 Å². The van der Waals surface area contributed by atoms with Crippen molar-refractivity contribution in [2.45, 2.75) is 33.1 Å². The van der Waals surface area contributed by atoms with E-state index in [4.69, 9.17) is 4.74 Å². The molecule has 0 aromatic heterocycles. The zero-order valence-electron chi connectivity index (χ0n) is 10.4. The Labute approximate surface area is 107 Å². The summed E-state index contributed by atoms with van der Waals surface area (Å²) in [6.07, 6.45) is 1.15. The van der Waals surface area contributed by atoms with Gasteiger partial charge in [-0.2, -0.15) is 0 Å². The highest BCUT2D eigenvalue weighted by atomic mass is 79.9. The number of hydrogen-bond donors (Lipinski definition) is 0. The fourth-order valence-corrected chi connectivity index (χ4v) is 2.08. The fraction of sp³-hybridized carbons (Fsp3) is 0.571. The maximum absolute atomic E-state index is 5.75. The summed E-state index contributed by atoms with van der Waals surface area (Å²) in [6, 6.07) is 8.43. The Bertz CT molecular complexity index is 288. The molecule has 2 heteroatoms. The minimum atomic E-state index is 0.583. The highest BCUT2D eigenvalue weighted by molar-refractivity contribution is 9.09. The lowest BCUT2D eigenvalue weighted by Gasteiger charge is -2.13. The van der Waals surface area contributed by atoms with Crippen LogP contribution < -0.4 is 4.74 Å². The summed E-state index contributed by atoms with van der Waals surface area (Å²) in [5.41, 5.74) is 1.36. The van der Waals surface area contributed by atoms with E-state index in [2.05, 4.69) is 61.0 Å². The molecule has 0 bridgehead atoms. The Hall–Kier alpha value is -0.500. The minimum Gasteiger partial charge on any atom is -0.493 e. The summed E-state index contributed by atoms with van der Waals surface area (Å²) in [4.78, 5) is 0. The van der Waals surface area contributed by atoms with Gasteiger partial charge in [0.1, 0.15) is 5.75 Å². The third-order valence-corrected chi connectivity index (χ3v) is 3.74. The lowest BCUT2D eigenvalue weighted by molar-refractivity contribution is 0.260. The molecule has 0 aliphatic rings. The van der Waals surface area contributed by atoms with Gasteiger partial charge in [0, 0.05) is 11.2 Å². The molecule has 0 saturated heterocycles. The second-order valence-corrected chi connectivity index (χ2v) is 5.11. The Kier molecular flexibility index (Phi) is 5.89. The highest BCUT2D eigenvalue weighted by Crippen LogP contribution is 2.19. The molecule has 0 aliphatic heterocycles. The quantitative estimate of drug-likeness (QED) is 0.693. The second kappa shape index (κ2) is 6.95. The maximum Gasteiger partial charge on any atom is 0.119 e. The first-order valence-corrected chi connectivity index (χ1v) is 7.08. The predicted molar refractivity (Wildman–Crippen MR) is 73.6 cm³/mol. The summed E-state index contributed by atoms with van der Waals surface area (Å²) < 4.78 is 5.75. The van der Waals surface area contributed by atoms with Gasteiger partial charge in [-0.15, -0.1) is 0 Å². The van der Waals surface area contributed by atoms with E-state index in [0.717, 1.165) is 24.1 Å². The van der Waals surface area contributed by atoms with E-state index in [1.807, 2.05) is 0 Å². The molecule has 1 atom stereocenters. The van der Waals surface area contributed by atoms with Gasteiger partial charge in [0.15, 0.2) is 0 Å². The molecule has 0 amide bonds. The molecule has 1 aromatic rings. The summed E-state index contributed by atoms with van der Waals surface area (Å²) in [5.74, 6) is 2.16. The van der Waals surface area contributed by atoms with Crippen LogP contribution in [0.25, 0.3) is 0 Å². The zero-order valence-corrected chi connectivity index (χ0v) is 12.0. The first-order chi connectivity index (χ1) is 7.67. The van der Waals surface area contributed by atoms with E-state index in [1.165, 1.54) is 5.56 Å². The van der Waals surface area contributed by atoms with Gasteiger partial charge < -0.3 is 4.74 Å². The maximum atomic E-state index is 5.75.